The minimum Gasteiger partial charge on any atom is -0.478 e. The molecule has 0 radical (unpaired) electrons. The van der Waals surface area contributed by atoms with Gasteiger partial charge in [0.15, 0.2) is 0 Å². The van der Waals surface area contributed by atoms with Crippen molar-refractivity contribution in [2.45, 2.75) is 31.4 Å². The van der Waals surface area contributed by atoms with E-state index in [4.69, 9.17) is 0 Å². The monoisotopic (exact) mass is 368 g/mol. The summed E-state index contributed by atoms with van der Waals surface area (Å²) < 4.78 is 13.9. The topological polar surface area (TPSA) is 82.5 Å². The van der Waals surface area contributed by atoms with Crippen molar-refractivity contribution in [2.24, 2.45) is 0 Å². The van der Waals surface area contributed by atoms with Crippen LogP contribution in [0.25, 0.3) is 10.9 Å². The predicted octanol–water partition coefficient (Wildman–Crippen LogP) is 3.16. The number of benzene rings is 1. The quantitative estimate of drug-likeness (QED) is 0.774. The summed E-state index contributed by atoms with van der Waals surface area (Å²) in [6.45, 7) is 0. The Balaban J connectivity index is 2.12. The lowest BCUT2D eigenvalue weighted by molar-refractivity contribution is 0.0697. The smallest absolute Gasteiger partial charge is 0.339 e. The number of nitrogens with zero attached hydrogens (tertiary/aromatic N) is 1. The number of halogens is 2. The van der Waals surface area contributed by atoms with Gasteiger partial charge in [-0.05, 0) is 41.3 Å². The first-order valence-corrected chi connectivity index (χ1v) is 7.70. The van der Waals surface area contributed by atoms with Crippen molar-refractivity contribution in [1.29, 1.82) is 0 Å². The molecule has 1 saturated carbocycles. The average Bonchev–Trinajstić information content (AvgIpc) is 2.86. The van der Waals surface area contributed by atoms with E-state index >= 15 is 0 Å². The third-order valence-corrected chi connectivity index (χ3v) is 4.50. The molecule has 1 aliphatic carbocycles. The number of carboxylic acid groups (broad SMARTS) is 1. The van der Waals surface area contributed by atoms with Crippen LogP contribution in [0.5, 0.6) is 0 Å². The van der Waals surface area contributed by atoms with Crippen molar-refractivity contribution in [3.63, 3.8) is 0 Å². The largest absolute Gasteiger partial charge is 0.478 e. The molecule has 0 saturated heterocycles. The molecule has 1 aliphatic rings. The predicted molar refractivity (Wildman–Crippen MR) is 83.6 cm³/mol. The van der Waals surface area contributed by atoms with E-state index in [1.54, 1.807) is 0 Å². The van der Waals surface area contributed by atoms with Crippen molar-refractivity contribution in [2.75, 3.05) is 5.32 Å². The van der Waals surface area contributed by atoms with Gasteiger partial charge in [0.2, 0.25) is 0 Å². The van der Waals surface area contributed by atoms with Crippen LogP contribution in [0.1, 0.15) is 29.6 Å². The van der Waals surface area contributed by atoms with Gasteiger partial charge in [-0.15, -0.1) is 0 Å². The van der Waals surface area contributed by atoms with Crippen LogP contribution < -0.4 is 5.32 Å². The van der Waals surface area contributed by atoms with Gasteiger partial charge in [0.25, 0.3) is 0 Å². The van der Waals surface area contributed by atoms with Crippen LogP contribution in [0.15, 0.2) is 22.8 Å². The summed E-state index contributed by atoms with van der Waals surface area (Å²) in [6.07, 6.45) is 2.85. The molecule has 2 atom stereocenters. The number of rotatable bonds is 3. The minimum absolute atomic E-state index is 0.0115. The lowest BCUT2D eigenvalue weighted by Crippen LogP contribution is -2.19. The average molecular weight is 369 g/mol. The molecule has 2 aromatic rings. The van der Waals surface area contributed by atoms with E-state index < -0.39 is 11.8 Å². The fourth-order valence-corrected chi connectivity index (χ4v) is 3.14. The molecule has 3 rings (SSSR count). The van der Waals surface area contributed by atoms with E-state index in [1.165, 1.54) is 18.3 Å². The van der Waals surface area contributed by atoms with Crippen LogP contribution in [0.4, 0.5) is 10.1 Å². The highest BCUT2D eigenvalue weighted by atomic mass is 79.9. The number of aromatic carboxylic acids is 1. The van der Waals surface area contributed by atoms with E-state index in [-0.39, 0.29) is 22.2 Å². The number of aliphatic hydroxyl groups excluding tert-OH is 1. The Morgan fingerprint density at radius 1 is 1.41 bits per heavy atom. The molecule has 3 N–H and O–H groups in total. The number of anilines is 1. The zero-order chi connectivity index (χ0) is 15.9. The van der Waals surface area contributed by atoms with E-state index in [0.717, 1.165) is 6.42 Å². The number of hydrogen-bond acceptors (Lipinski definition) is 4. The SMILES string of the molecule is O=C(O)c1cnc2cc(F)c(Br)cc2c1N[C@@H]1CC[C@H](O)C1. The normalized spacial score (nSPS) is 21.2. The summed E-state index contributed by atoms with van der Waals surface area (Å²) >= 11 is 3.12. The first kappa shape index (κ1) is 15.2. The van der Waals surface area contributed by atoms with Crippen molar-refractivity contribution in [1.82, 2.24) is 4.98 Å². The fraction of sp³-hybridized carbons (Fsp3) is 0.333. The summed E-state index contributed by atoms with van der Waals surface area (Å²) in [7, 11) is 0. The molecular formula is C15H14BrFN2O3. The highest BCUT2D eigenvalue weighted by molar-refractivity contribution is 9.10. The van der Waals surface area contributed by atoms with Crippen LogP contribution in [0.3, 0.4) is 0 Å². The van der Waals surface area contributed by atoms with Crippen molar-refractivity contribution in [3.05, 3.63) is 34.2 Å². The maximum atomic E-state index is 13.6. The van der Waals surface area contributed by atoms with Gasteiger partial charge in [-0.1, -0.05) is 0 Å². The van der Waals surface area contributed by atoms with Crippen molar-refractivity contribution >= 4 is 38.5 Å². The fourth-order valence-electron chi connectivity index (χ4n) is 2.80. The van der Waals surface area contributed by atoms with Gasteiger partial charge in [0.05, 0.1) is 21.8 Å². The molecule has 1 aromatic carbocycles. The number of fused-ring (bicyclic) bond motifs is 1. The molecule has 0 aliphatic heterocycles. The summed E-state index contributed by atoms with van der Waals surface area (Å²) in [4.78, 5) is 15.5. The minimum atomic E-state index is -1.10. The molecular weight excluding hydrogens is 355 g/mol. The van der Waals surface area contributed by atoms with Gasteiger partial charge in [0, 0.05) is 23.7 Å². The van der Waals surface area contributed by atoms with Gasteiger partial charge < -0.3 is 15.5 Å². The third-order valence-electron chi connectivity index (χ3n) is 3.89. The second-order valence-corrected chi connectivity index (χ2v) is 6.30. The Bertz CT molecular complexity index is 753. The number of carbonyl (C=O) groups is 1. The van der Waals surface area contributed by atoms with Crippen molar-refractivity contribution in [3.8, 4) is 0 Å². The van der Waals surface area contributed by atoms with Gasteiger partial charge >= 0.3 is 5.97 Å². The summed E-state index contributed by atoms with van der Waals surface area (Å²) in [5, 5.41) is 22.7. The molecule has 5 nitrogen and oxygen atoms in total. The zero-order valence-electron chi connectivity index (χ0n) is 11.5. The number of hydrogen-bond donors (Lipinski definition) is 3. The molecule has 0 amide bonds. The van der Waals surface area contributed by atoms with Gasteiger partial charge in [-0.25, -0.2) is 9.18 Å². The highest BCUT2D eigenvalue weighted by Gasteiger charge is 2.25. The first-order valence-electron chi connectivity index (χ1n) is 6.91. The Morgan fingerprint density at radius 3 is 2.82 bits per heavy atom. The number of carboxylic acids is 1. The molecule has 116 valence electrons. The molecule has 0 unspecified atom stereocenters. The van der Waals surface area contributed by atoms with Crippen LogP contribution in [0.2, 0.25) is 0 Å². The highest BCUT2D eigenvalue weighted by Crippen LogP contribution is 2.33. The number of pyridine rings is 1. The summed E-state index contributed by atoms with van der Waals surface area (Å²) in [5.41, 5.74) is 0.830. The van der Waals surface area contributed by atoms with Crippen LogP contribution in [0, 0.1) is 5.82 Å². The third kappa shape index (κ3) is 2.78. The number of aromatic nitrogens is 1. The Labute approximate surface area is 134 Å². The van der Waals surface area contributed by atoms with Crippen LogP contribution in [-0.2, 0) is 0 Å². The van der Waals surface area contributed by atoms with E-state index in [9.17, 15) is 19.4 Å². The molecule has 1 aromatic heterocycles. The second-order valence-electron chi connectivity index (χ2n) is 5.44. The maximum absolute atomic E-state index is 13.6. The molecule has 1 fully saturated rings. The molecule has 7 heteroatoms. The van der Waals surface area contributed by atoms with Gasteiger partial charge in [0.1, 0.15) is 11.4 Å². The zero-order valence-corrected chi connectivity index (χ0v) is 13.1. The lowest BCUT2D eigenvalue weighted by Gasteiger charge is -2.18. The van der Waals surface area contributed by atoms with E-state index in [1.807, 2.05) is 0 Å². The van der Waals surface area contributed by atoms with Crippen LogP contribution >= 0.6 is 15.9 Å². The van der Waals surface area contributed by atoms with E-state index in [0.29, 0.717) is 29.4 Å². The van der Waals surface area contributed by atoms with E-state index in [2.05, 4.69) is 26.2 Å². The number of aliphatic hydroxyl groups is 1. The van der Waals surface area contributed by atoms with Crippen LogP contribution in [-0.4, -0.2) is 33.3 Å². The van der Waals surface area contributed by atoms with Gasteiger partial charge in [-0.2, -0.15) is 0 Å². The lowest BCUT2D eigenvalue weighted by atomic mass is 10.1. The standard InChI is InChI=1S/C15H14BrFN2O3/c16-11-4-9-13(5-12(11)17)18-6-10(15(21)22)14(9)19-7-1-2-8(20)3-7/h4-8,20H,1-3H2,(H,18,19)(H,21,22)/t7-,8+/m1/s1. The summed E-state index contributed by atoms with van der Waals surface area (Å²) in [5.74, 6) is -1.55. The number of nitrogens with one attached hydrogen (secondary N) is 1. The first-order chi connectivity index (χ1) is 10.5. The second kappa shape index (κ2) is 5.81. The Kier molecular flexibility index (Phi) is 4.01. The molecule has 0 spiro atoms. The Morgan fingerprint density at radius 2 is 2.18 bits per heavy atom. The van der Waals surface area contributed by atoms with Crippen molar-refractivity contribution < 1.29 is 19.4 Å². The molecule has 0 bridgehead atoms. The molecule has 1 heterocycles. The van der Waals surface area contributed by atoms with Gasteiger partial charge in [-0.3, -0.25) is 4.98 Å². The Hall–Kier alpha value is -1.73. The molecule has 22 heavy (non-hydrogen) atoms. The maximum Gasteiger partial charge on any atom is 0.339 e. The summed E-state index contributed by atoms with van der Waals surface area (Å²) in [6, 6.07) is 2.78.